The monoisotopic (exact) mass is 224 g/mol. The number of ether oxygens (including phenoxy) is 3. The van der Waals surface area contributed by atoms with Crippen LogP contribution < -0.4 is 0 Å². The third kappa shape index (κ3) is 5.85. The van der Waals surface area contributed by atoms with E-state index in [2.05, 4.69) is 12.1 Å². The van der Waals surface area contributed by atoms with Crippen molar-refractivity contribution in [2.24, 2.45) is 0 Å². The Balaban J connectivity index is 2.09. The highest BCUT2D eigenvalue weighted by atomic mass is 16.7. The summed E-state index contributed by atoms with van der Waals surface area (Å²) in [5, 5.41) is 0. The second kappa shape index (κ2) is 8.28. The van der Waals surface area contributed by atoms with Crippen LogP contribution in [0.25, 0.3) is 0 Å². The Bertz CT molecular complexity index is 261. The Kier molecular flexibility index (Phi) is 6.81. The molecule has 3 nitrogen and oxygen atoms in total. The van der Waals surface area contributed by atoms with Crippen molar-refractivity contribution in [2.45, 2.75) is 19.4 Å². The van der Waals surface area contributed by atoms with Crippen LogP contribution in [0.1, 0.15) is 12.5 Å². The highest BCUT2D eigenvalue weighted by molar-refractivity contribution is 5.15. The van der Waals surface area contributed by atoms with Crippen LogP contribution in [0.4, 0.5) is 0 Å². The van der Waals surface area contributed by atoms with E-state index < -0.39 is 0 Å². The molecule has 90 valence electrons. The maximum absolute atomic E-state index is 5.51. The van der Waals surface area contributed by atoms with Crippen LogP contribution in [0.15, 0.2) is 30.3 Å². The smallest absolute Gasteiger partial charge is 0.147 e. The molecule has 0 saturated heterocycles. The first-order valence-electron chi connectivity index (χ1n) is 5.55. The third-order valence-corrected chi connectivity index (χ3v) is 2.23. The Morgan fingerprint density at radius 2 is 1.88 bits per heavy atom. The van der Waals surface area contributed by atoms with Crippen LogP contribution in [-0.2, 0) is 20.6 Å². The van der Waals surface area contributed by atoms with Gasteiger partial charge in [0.25, 0.3) is 0 Å². The van der Waals surface area contributed by atoms with Crippen molar-refractivity contribution in [1.29, 1.82) is 0 Å². The Morgan fingerprint density at radius 3 is 2.56 bits per heavy atom. The fourth-order valence-electron chi connectivity index (χ4n) is 1.37. The molecule has 0 aliphatic rings. The molecule has 0 aliphatic heterocycles. The molecular formula is C13H20O3. The van der Waals surface area contributed by atoms with E-state index in [-0.39, 0.29) is 6.10 Å². The maximum Gasteiger partial charge on any atom is 0.147 e. The SMILES string of the molecule is COCCOCOC(C)Cc1ccccc1. The predicted molar refractivity (Wildman–Crippen MR) is 63.4 cm³/mol. The largest absolute Gasteiger partial charge is 0.382 e. The summed E-state index contributed by atoms with van der Waals surface area (Å²) in [5.74, 6) is 0. The van der Waals surface area contributed by atoms with Crippen molar-refractivity contribution < 1.29 is 14.2 Å². The van der Waals surface area contributed by atoms with Gasteiger partial charge in [0.1, 0.15) is 6.79 Å². The van der Waals surface area contributed by atoms with E-state index in [0.717, 1.165) is 6.42 Å². The van der Waals surface area contributed by atoms with Gasteiger partial charge < -0.3 is 14.2 Å². The molecule has 1 unspecified atom stereocenters. The summed E-state index contributed by atoms with van der Waals surface area (Å²) < 4.78 is 15.6. The first-order chi connectivity index (χ1) is 7.83. The van der Waals surface area contributed by atoms with E-state index in [9.17, 15) is 0 Å². The minimum Gasteiger partial charge on any atom is -0.382 e. The second-order valence-corrected chi connectivity index (χ2v) is 3.69. The predicted octanol–water partition coefficient (Wildman–Crippen LogP) is 2.25. The second-order valence-electron chi connectivity index (χ2n) is 3.69. The summed E-state index contributed by atoms with van der Waals surface area (Å²) in [4.78, 5) is 0. The van der Waals surface area contributed by atoms with Crippen LogP contribution in [0, 0.1) is 0 Å². The molecule has 0 bridgehead atoms. The molecule has 0 radical (unpaired) electrons. The molecule has 1 rings (SSSR count). The number of hydrogen-bond donors (Lipinski definition) is 0. The zero-order chi connectivity index (χ0) is 11.6. The normalized spacial score (nSPS) is 12.6. The van der Waals surface area contributed by atoms with Crippen LogP contribution in [0.3, 0.4) is 0 Å². The summed E-state index contributed by atoms with van der Waals surface area (Å²) in [6, 6.07) is 10.3. The lowest BCUT2D eigenvalue weighted by Crippen LogP contribution is -2.15. The van der Waals surface area contributed by atoms with Gasteiger partial charge in [-0.25, -0.2) is 0 Å². The van der Waals surface area contributed by atoms with E-state index >= 15 is 0 Å². The summed E-state index contributed by atoms with van der Waals surface area (Å²) >= 11 is 0. The van der Waals surface area contributed by atoms with Crippen LogP contribution >= 0.6 is 0 Å². The molecule has 3 heteroatoms. The topological polar surface area (TPSA) is 27.7 Å². The molecule has 0 fully saturated rings. The third-order valence-electron chi connectivity index (χ3n) is 2.23. The van der Waals surface area contributed by atoms with E-state index in [1.807, 2.05) is 25.1 Å². The minimum atomic E-state index is 0.171. The number of rotatable bonds is 8. The highest BCUT2D eigenvalue weighted by Crippen LogP contribution is 2.05. The zero-order valence-electron chi connectivity index (χ0n) is 10.0. The van der Waals surface area contributed by atoms with Gasteiger partial charge in [0.2, 0.25) is 0 Å². The summed E-state index contributed by atoms with van der Waals surface area (Å²) in [6.07, 6.45) is 1.08. The maximum atomic E-state index is 5.51. The Labute approximate surface area is 97.3 Å². The van der Waals surface area contributed by atoms with Gasteiger partial charge >= 0.3 is 0 Å². The number of hydrogen-bond acceptors (Lipinski definition) is 3. The van der Waals surface area contributed by atoms with E-state index in [4.69, 9.17) is 14.2 Å². The van der Waals surface area contributed by atoms with Gasteiger partial charge in [0.15, 0.2) is 0 Å². The van der Waals surface area contributed by atoms with Crippen LogP contribution in [0.5, 0.6) is 0 Å². The molecule has 0 N–H and O–H groups in total. The highest BCUT2D eigenvalue weighted by Gasteiger charge is 2.03. The van der Waals surface area contributed by atoms with Crippen molar-refractivity contribution in [2.75, 3.05) is 27.1 Å². The molecule has 0 aromatic heterocycles. The van der Waals surface area contributed by atoms with Gasteiger partial charge in [-0.3, -0.25) is 0 Å². The first-order valence-corrected chi connectivity index (χ1v) is 5.55. The van der Waals surface area contributed by atoms with Crippen molar-refractivity contribution in [3.05, 3.63) is 35.9 Å². The van der Waals surface area contributed by atoms with Gasteiger partial charge in [-0.05, 0) is 18.9 Å². The van der Waals surface area contributed by atoms with Crippen molar-refractivity contribution in [3.8, 4) is 0 Å². The minimum absolute atomic E-state index is 0.171. The van der Waals surface area contributed by atoms with Gasteiger partial charge in [0.05, 0.1) is 19.3 Å². The summed E-state index contributed by atoms with van der Waals surface area (Å²) in [7, 11) is 1.66. The van der Waals surface area contributed by atoms with Gasteiger partial charge in [-0.1, -0.05) is 30.3 Å². The average molecular weight is 224 g/mol. The van der Waals surface area contributed by atoms with Crippen molar-refractivity contribution >= 4 is 0 Å². The molecule has 1 aromatic carbocycles. The van der Waals surface area contributed by atoms with Crippen LogP contribution in [0.2, 0.25) is 0 Å². The molecule has 16 heavy (non-hydrogen) atoms. The molecule has 0 saturated carbocycles. The molecule has 0 heterocycles. The fraction of sp³-hybridized carbons (Fsp3) is 0.538. The number of benzene rings is 1. The van der Waals surface area contributed by atoms with E-state index in [0.29, 0.717) is 20.0 Å². The summed E-state index contributed by atoms with van der Waals surface area (Å²) in [6.45, 7) is 3.56. The van der Waals surface area contributed by atoms with E-state index in [1.54, 1.807) is 7.11 Å². The van der Waals surface area contributed by atoms with Crippen molar-refractivity contribution in [3.63, 3.8) is 0 Å². The van der Waals surface area contributed by atoms with Gasteiger partial charge in [-0.2, -0.15) is 0 Å². The Hall–Kier alpha value is -0.900. The lowest BCUT2D eigenvalue weighted by Gasteiger charge is -2.13. The molecule has 1 aromatic rings. The van der Waals surface area contributed by atoms with Crippen molar-refractivity contribution in [1.82, 2.24) is 0 Å². The van der Waals surface area contributed by atoms with Gasteiger partial charge in [0, 0.05) is 7.11 Å². The fourth-order valence-corrected chi connectivity index (χ4v) is 1.37. The zero-order valence-corrected chi connectivity index (χ0v) is 10.0. The Morgan fingerprint density at radius 1 is 1.12 bits per heavy atom. The molecule has 0 aliphatic carbocycles. The van der Waals surface area contributed by atoms with E-state index in [1.165, 1.54) is 5.56 Å². The molecule has 0 amide bonds. The summed E-state index contributed by atoms with van der Waals surface area (Å²) in [5.41, 5.74) is 1.28. The molecule has 0 spiro atoms. The lowest BCUT2D eigenvalue weighted by atomic mass is 10.1. The first kappa shape index (κ1) is 13.2. The van der Waals surface area contributed by atoms with Crippen LogP contribution in [-0.4, -0.2) is 33.2 Å². The lowest BCUT2D eigenvalue weighted by molar-refractivity contribution is -0.0919. The quantitative estimate of drug-likeness (QED) is 0.501. The standard InChI is InChI=1S/C13H20O3/c1-12(16-11-15-9-8-14-2)10-13-6-4-3-5-7-13/h3-7,12H,8-11H2,1-2H3. The molecular weight excluding hydrogens is 204 g/mol. The number of methoxy groups -OCH3 is 1. The average Bonchev–Trinajstić information content (AvgIpc) is 2.30. The van der Waals surface area contributed by atoms with Gasteiger partial charge in [-0.15, -0.1) is 0 Å². The molecule has 1 atom stereocenters.